The summed E-state index contributed by atoms with van der Waals surface area (Å²) in [7, 11) is 5.00. The minimum atomic E-state index is -1.48. The van der Waals surface area contributed by atoms with E-state index in [1.54, 1.807) is 23.5 Å². The molecule has 0 aliphatic heterocycles. The molecule has 0 saturated heterocycles. The summed E-state index contributed by atoms with van der Waals surface area (Å²) >= 11 is -1.48. The van der Waals surface area contributed by atoms with Crippen molar-refractivity contribution >= 4 is 34.0 Å². The van der Waals surface area contributed by atoms with Gasteiger partial charge in [-0.1, -0.05) is 31.7 Å². The topological polar surface area (TPSA) is 116 Å². The minimum Gasteiger partial charge on any atom is -0.483 e. The van der Waals surface area contributed by atoms with Crippen LogP contribution in [0.25, 0.3) is 22.2 Å². The number of hydrogen-bond acceptors (Lipinski definition) is 5. The average Bonchev–Trinajstić information content (AvgIpc) is 3.28. The van der Waals surface area contributed by atoms with Gasteiger partial charge in [0.05, 0.1) is 18.4 Å². The molecule has 1 saturated carbocycles. The number of hydrogen-bond donors (Lipinski definition) is 2. The van der Waals surface area contributed by atoms with Gasteiger partial charge in [0, 0.05) is 49.7 Å². The Balaban J connectivity index is 1.55. The molecule has 3 aromatic rings. The Bertz CT molecular complexity index is 1440. The highest BCUT2D eigenvalue weighted by Crippen LogP contribution is 2.46. The van der Waals surface area contributed by atoms with E-state index in [9.17, 15) is 18.2 Å². The molecule has 1 aliphatic rings. The Morgan fingerprint density at radius 3 is 2.60 bits per heavy atom. The Morgan fingerprint density at radius 1 is 1.12 bits per heavy atom. The van der Waals surface area contributed by atoms with Crippen LogP contribution < -0.4 is 15.2 Å². The molecule has 228 valence electrons. The van der Waals surface area contributed by atoms with Crippen LogP contribution in [0.15, 0.2) is 36.4 Å². The number of aromatic nitrogens is 1. The first-order chi connectivity index (χ1) is 20.2. The SMILES string of the molecule is COC(=O)c1ccc2c(C3CCCCC3)c(-c3ccc(F)cc3OCC(=O)NCCCCCN(C)S(N)=O)n(C)c2c1. The predicted molar refractivity (Wildman–Crippen MR) is 163 cm³/mol. The van der Waals surface area contributed by atoms with E-state index in [4.69, 9.17) is 14.6 Å². The number of nitrogens with two attached hydrogens (primary N) is 1. The lowest BCUT2D eigenvalue weighted by atomic mass is 9.81. The molecule has 3 N–H and O–H groups in total. The number of amides is 1. The summed E-state index contributed by atoms with van der Waals surface area (Å²) in [6, 6.07) is 10.0. The number of nitrogens with zero attached hydrogens (tertiary/aromatic N) is 2. The summed E-state index contributed by atoms with van der Waals surface area (Å²) in [6.07, 6.45) is 7.99. The number of ether oxygens (including phenoxy) is 2. The first-order valence-electron chi connectivity index (χ1n) is 14.5. The zero-order valence-electron chi connectivity index (χ0n) is 24.6. The van der Waals surface area contributed by atoms with Gasteiger partial charge in [-0.05, 0) is 61.4 Å². The van der Waals surface area contributed by atoms with Crippen molar-refractivity contribution in [3.8, 4) is 17.0 Å². The molecule has 42 heavy (non-hydrogen) atoms. The van der Waals surface area contributed by atoms with Gasteiger partial charge in [-0.2, -0.15) is 0 Å². The second-order valence-electron chi connectivity index (χ2n) is 10.8. The number of benzene rings is 2. The van der Waals surface area contributed by atoms with E-state index < -0.39 is 23.0 Å². The quantitative estimate of drug-likeness (QED) is 0.213. The average molecular weight is 601 g/mol. The standard InChI is InChI=1S/C31H41FN4O5S/c1-35(42(33)39)17-9-5-8-16-34-28(37)20-41-27-19-23(32)13-15-25(27)30-29(21-10-6-4-7-11-21)24-14-12-22(31(38)40-3)18-26(24)36(30)2/h12-15,18-19,21H,4-11,16-17,20,33H2,1-3H3,(H,34,37). The van der Waals surface area contributed by atoms with Gasteiger partial charge in [0.2, 0.25) is 0 Å². The zero-order valence-corrected chi connectivity index (χ0v) is 25.4. The lowest BCUT2D eigenvalue weighted by Crippen LogP contribution is -2.30. The van der Waals surface area contributed by atoms with E-state index >= 15 is 0 Å². The normalized spacial score (nSPS) is 14.7. The number of fused-ring (bicyclic) bond motifs is 1. The van der Waals surface area contributed by atoms with Crippen LogP contribution >= 0.6 is 0 Å². The molecule has 1 heterocycles. The Kier molecular flexibility index (Phi) is 11.1. The summed E-state index contributed by atoms with van der Waals surface area (Å²) < 4.78 is 40.2. The molecule has 1 atom stereocenters. The smallest absolute Gasteiger partial charge is 0.337 e. The van der Waals surface area contributed by atoms with Crippen molar-refractivity contribution in [1.29, 1.82) is 0 Å². The number of rotatable bonds is 13. The molecule has 1 unspecified atom stereocenters. The Hall–Kier alpha value is -3.28. The number of unbranched alkanes of at least 4 members (excludes halogenated alkanes) is 2. The highest BCUT2D eigenvalue weighted by Gasteiger charge is 2.28. The van der Waals surface area contributed by atoms with Gasteiger partial charge in [0.25, 0.3) is 5.91 Å². The molecule has 1 aliphatic carbocycles. The van der Waals surface area contributed by atoms with Crippen molar-refractivity contribution in [2.45, 2.75) is 57.3 Å². The van der Waals surface area contributed by atoms with Gasteiger partial charge in [-0.3, -0.25) is 4.79 Å². The van der Waals surface area contributed by atoms with Crippen LogP contribution in [0.4, 0.5) is 4.39 Å². The molecular formula is C31H41FN4O5S. The monoisotopic (exact) mass is 600 g/mol. The molecule has 0 bridgehead atoms. The third kappa shape index (κ3) is 7.56. The van der Waals surface area contributed by atoms with Crippen LogP contribution in [-0.2, 0) is 27.8 Å². The number of aryl methyl sites for hydroxylation is 1. The van der Waals surface area contributed by atoms with Crippen molar-refractivity contribution in [2.24, 2.45) is 12.2 Å². The van der Waals surface area contributed by atoms with Gasteiger partial charge in [-0.25, -0.2) is 22.8 Å². The van der Waals surface area contributed by atoms with Crippen molar-refractivity contribution in [1.82, 2.24) is 14.2 Å². The molecule has 1 amide bonds. The maximum atomic E-state index is 14.5. The fraction of sp³-hybridized carbons (Fsp3) is 0.484. The summed E-state index contributed by atoms with van der Waals surface area (Å²) in [6.45, 7) is 0.843. The largest absolute Gasteiger partial charge is 0.483 e. The van der Waals surface area contributed by atoms with Crippen LogP contribution in [0, 0.1) is 5.82 Å². The highest BCUT2D eigenvalue weighted by atomic mass is 32.2. The number of esters is 1. The first kappa shape index (κ1) is 31.7. The van der Waals surface area contributed by atoms with Gasteiger partial charge in [-0.15, -0.1) is 0 Å². The number of nitrogens with one attached hydrogen (secondary N) is 1. The fourth-order valence-electron chi connectivity index (χ4n) is 5.80. The van der Waals surface area contributed by atoms with Crippen molar-refractivity contribution < 1.29 is 27.7 Å². The number of methoxy groups -OCH3 is 1. The Morgan fingerprint density at radius 2 is 1.88 bits per heavy atom. The van der Waals surface area contributed by atoms with Gasteiger partial charge < -0.3 is 19.4 Å². The van der Waals surface area contributed by atoms with Gasteiger partial charge >= 0.3 is 5.97 Å². The van der Waals surface area contributed by atoms with E-state index in [1.165, 1.54) is 25.7 Å². The third-order valence-electron chi connectivity index (χ3n) is 8.01. The summed E-state index contributed by atoms with van der Waals surface area (Å²) in [5.41, 5.74) is 4.10. The molecule has 1 aromatic heterocycles. The highest BCUT2D eigenvalue weighted by molar-refractivity contribution is 7.80. The first-order valence-corrected chi connectivity index (χ1v) is 15.7. The predicted octanol–water partition coefficient (Wildman–Crippen LogP) is 4.95. The van der Waals surface area contributed by atoms with Gasteiger partial charge in [0.15, 0.2) is 17.8 Å². The number of halogens is 1. The van der Waals surface area contributed by atoms with Crippen LogP contribution in [0.5, 0.6) is 5.75 Å². The third-order valence-corrected chi connectivity index (χ3v) is 8.81. The summed E-state index contributed by atoms with van der Waals surface area (Å²) in [4.78, 5) is 24.9. The van der Waals surface area contributed by atoms with Crippen LogP contribution in [0.1, 0.15) is 73.2 Å². The van der Waals surface area contributed by atoms with E-state index in [0.29, 0.717) is 35.9 Å². The van der Waals surface area contributed by atoms with Crippen molar-refractivity contribution in [3.05, 3.63) is 53.3 Å². The second-order valence-corrected chi connectivity index (χ2v) is 12.0. The number of carbonyl (C=O) groups excluding carboxylic acids is 2. The minimum absolute atomic E-state index is 0.249. The zero-order chi connectivity index (χ0) is 30.2. The van der Waals surface area contributed by atoms with E-state index in [1.807, 2.05) is 23.7 Å². The molecule has 0 spiro atoms. The lowest BCUT2D eigenvalue weighted by molar-refractivity contribution is -0.123. The second kappa shape index (κ2) is 14.8. The Labute approximate surface area is 249 Å². The summed E-state index contributed by atoms with van der Waals surface area (Å²) in [5.74, 6) is -0.553. The molecular weight excluding hydrogens is 559 g/mol. The molecule has 9 nitrogen and oxygen atoms in total. The maximum Gasteiger partial charge on any atom is 0.337 e. The molecule has 1 fully saturated rings. The van der Waals surface area contributed by atoms with Gasteiger partial charge in [0.1, 0.15) is 11.6 Å². The van der Waals surface area contributed by atoms with Crippen molar-refractivity contribution in [2.75, 3.05) is 33.9 Å². The van der Waals surface area contributed by atoms with E-state index in [0.717, 1.165) is 67.1 Å². The molecule has 0 radical (unpaired) electrons. The van der Waals surface area contributed by atoms with E-state index in [2.05, 4.69) is 5.32 Å². The van der Waals surface area contributed by atoms with Crippen LogP contribution in [0.2, 0.25) is 0 Å². The van der Waals surface area contributed by atoms with E-state index in [-0.39, 0.29) is 12.5 Å². The molecule has 11 heteroatoms. The van der Waals surface area contributed by atoms with Crippen LogP contribution in [0.3, 0.4) is 0 Å². The lowest BCUT2D eigenvalue weighted by Gasteiger charge is -2.24. The molecule has 4 rings (SSSR count). The number of carbonyl (C=O) groups is 2. The summed E-state index contributed by atoms with van der Waals surface area (Å²) in [5, 5.41) is 9.23. The van der Waals surface area contributed by atoms with Crippen molar-refractivity contribution in [3.63, 3.8) is 0 Å². The molecule has 2 aromatic carbocycles. The fourth-order valence-corrected chi connectivity index (χ4v) is 6.11. The maximum absolute atomic E-state index is 14.5. The van der Waals surface area contributed by atoms with Crippen LogP contribution in [-0.4, -0.2) is 58.8 Å².